The molecule has 1 N–H and O–H groups in total. The van der Waals surface area contributed by atoms with Crippen LogP contribution in [0.15, 0.2) is 41.1 Å². The third-order valence-corrected chi connectivity index (χ3v) is 3.33. The largest absolute Gasteiger partial charge is 0.493 e. The van der Waals surface area contributed by atoms with Crippen LogP contribution in [0.4, 0.5) is 0 Å². The van der Waals surface area contributed by atoms with Crippen molar-refractivity contribution in [1.29, 1.82) is 0 Å². The van der Waals surface area contributed by atoms with Gasteiger partial charge in [0.1, 0.15) is 5.75 Å². The number of hydrogen-bond donors (Lipinski definition) is 1. The second-order valence-corrected chi connectivity index (χ2v) is 4.76. The molecule has 0 fully saturated rings. The van der Waals surface area contributed by atoms with Gasteiger partial charge in [-0.15, -0.1) is 0 Å². The molecule has 1 aromatic heterocycles. The fraction of sp³-hybridized carbons (Fsp3) is 0.286. The summed E-state index contributed by atoms with van der Waals surface area (Å²) in [7, 11) is 0. The van der Waals surface area contributed by atoms with E-state index >= 15 is 0 Å². The second kappa shape index (κ2) is 5.84. The zero-order valence-corrected chi connectivity index (χ0v) is 10.6. The molecule has 0 bridgehead atoms. The summed E-state index contributed by atoms with van der Waals surface area (Å²) in [6, 6.07) is 9.70. The Morgan fingerprint density at radius 2 is 2.00 bits per heavy atom. The van der Waals surface area contributed by atoms with Crippen LogP contribution in [0.5, 0.6) is 5.75 Å². The molecule has 0 amide bonds. The predicted octanol–water partition coefficient (Wildman–Crippen LogP) is 3.42. The van der Waals surface area contributed by atoms with Crippen LogP contribution in [-0.2, 0) is 6.42 Å². The Morgan fingerprint density at radius 3 is 2.59 bits per heavy atom. The van der Waals surface area contributed by atoms with Gasteiger partial charge in [0.2, 0.25) is 0 Å². The zero-order valence-electron chi connectivity index (χ0n) is 9.80. The third kappa shape index (κ3) is 3.58. The minimum absolute atomic E-state index is 0.421. The molecule has 0 aliphatic heterocycles. The number of ether oxygens (including phenoxy) is 1. The van der Waals surface area contributed by atoms with Crippen LogP contribution in [-0.4, -0.2) is 11.7 Å². The molecule has 0 unspecified atom stereocenters. The lowest BCUT2D eigenvalue weighted by Gasteiger charge is -2.08. The molecule has 1 heterocycles. The Kier molecular flexibility index (Phi) is 4.18. The molecule has 0 spiro atoms. The van der Waals surface area contributed by atoms with E-state index in [1.807, 2.05) is 24.3 Å². The smallest absolute Gasteiger partial charge is 0.119 e. The Balaban J connectivity index is 1.83. The van der Waals surface area contributed by atoms with Crippen molar-refractivity contribution in [3.05, 3.63) is 52.2 Å². The van der Waals surface area contributed by atoms with E-state index in [4.69, 9.17) is 4.74 Å². The van der Waals surface area contributed by atoms with Gasteiger partial charge in [0, 0.05) is 6.42 Å². The molecule has 3 heteroatoms. The molecular weight excluding hydrogens is 232 g/mol. The molecule has 2 nitrogen and oxygen atoms in total. The molecule has 1 aromatic carbocycles. The summed E-state index contributed by atoms with van der Waals surface area (Å²) in [5, 5.41) is 13.6. The van der Waals surface area contributed by atoms with Gasteiger partial charge in [-0.3, -0.25) is 0 Å². The van der Waals surface area contributed by atoms with E-state index < -0.39 is 6.10 Å². The quantitative estimate of drug-likeness (QED) is 0.878. The van der Waals surface area contributed by atoms with Crippen molar-refractivity contribution in [3.63, 3.8) is 0 Å². The van der Waals surface area contributed by atoms with Crippen LogP contribution in [0.1, 0.15) is 24.2 Å². The first-order chi connectivity index (χ1) is 8.25. The van der Waals surface area contributed by atoms with Gasteiger partial charge in [-0.2, -0.15) is 11.3 Å². The maximum Gasteiger partial charge on any atom is 0.119 e. The van der Waals surface area contributed by atoms with Crippen LogP contribution in [0, 0.1) is 0 Å². The number of aliphatic hydroxyl groups is 1. The maximum atomic E-state index is 9.38. The van der Waals surface area contributed by atoms with Crippen molar-refractivity contribution in [2.45, 2.75) is 19.4 Å². The van der Waals surface area contributed by atoms with Gasteiger partial charge in [0.15, 0.2) is 0 Å². The van der Waals surface area contributed by atoms with Gasteiger partial charge < -0.3 is 9.84 Å². The predicted molar refractivity (Wildman–Crippen MR) is 70.6 cm³/mol. The van der Waals surface area contributed by atoms with Crippen LogP contribution in [0.3, 0.4) is 0 Å². The lowest BCUT2D eigenvalue weighted by atomic mass is 10.1. The van der Waals surface area contributed by atoms with E-state index in [1.54, 1.807) is 18.3 Å². The third-order valence-electron chi connectivity index (χ3n) is 2.60. The van der Waals surface area contributed by atoms with E-state index in [0.29, 0.717) is 6.61 Å². The summed E-state index contributed by atoms with van der Waals surface area (Å²) >= 11 is 1.71. The molecule has 2 aromatic rings. The van der Waals surface area contributed by atoms with Crippen LogP contribution in [0.2, 0.25) is 0 Å². The lowest BCUT2D eigenvalue weighted by Crippen LogP contribution is -2.00. The van der Waals surface area contributed by atoms with Crippen molar-refractivity contribution in [2.24, 2.45) is 0 Å². The normalized spacial score (nSPS) is 12.4. The van der Waals surface area contributed by atoms with Gasteiger partial charge in [-0.05, 0) is 47.0 Å². The fourth-order valence-corrected chi connectivity index (χ4v) is 2.27. The Labute approximate surface area is 105 Å². The first-order valence-corrected chi connectivity index (χ1v) is 6.62. The molecule has 2 rings (SSSR count). The molecule has 0 aliphatic carbocycles. The SMILES string of the molecule is C[C@H](O)c1ccc(OCCc2ccsc2)cc1. The number of rotatable bonds is 5. The van der Waals surface area contributed by atoms with Gasteiger partial charge in [-0.1, -0.05) is 12.1 Å². The van der Waals surface area contributed by atoms with Crippen molar-refractivity contribution in [3.8, 4) is 5.75 Å². The Hall–Kier alpha value is -1.32. The molecule has 0 aliphatic rings. The number of aliphatic hydroxyl groups excluding tert-OH is 1. The first kappa shape index (κ1) is 12.1. The van der Waals surface area contributed by atoms with Crippen molar-refractivity contribution >= 4 is 11.3 Å². The molecule has 17 heavy (non-hydrogen) atoms. The molecule has 0 radical (unpaired) electrons. The average molecular weight is 248 g/mol. The summed E-state index contributed by atoms with van der Waals surface area (Å²) in [6.07, 6.45) is 0.511. The van der Waals surface area contributed by atoms with Gasteiger partial charge in [-0.25, -0.2) is 0 Å². The number of thiophene rings is 1. The summed E-state index contributed by atoms with van der Waals surface area (Å²) in [4.78, 5) is 0. The molecule has 0 saturated carbocycles. The Morgan fingerprint density at radius 1 is 1.24 bits per heavy atom. The van der Waals surface area contributed by atoms with Crippen LogP contribution >= 0.6 is 11.3 Å². The van der Waals surface area contributed by atoms with Gasteiger partial charge >= 0.3 is 0 Å². The summed E-state index contributed by atoms with van der Waals surface area (Å²) in [5.41, 5.74) is 2.23. The van der Waals surface area contributed by atoms with E-state index in [0.717, 1.165) is 17.7 Å². The summed E-state index contributed by atoms with van der Waals surface area (Å²) < 4.78 is 5.64. The van der Waals surface area contributed by atoms with E-state index in [2.05, 4.69) is 16.8 Å². The van der Waals surface area contributed by atoms with Crippen molar-refractivity contribution in [1.82, 2.24) is 0 Å². The van der Waals surface area contributed by atoms with E-state index in [1.165, 1.54) is 5.56 Å². The average Bonchev–Trinajstić information content (AvgIpc) is 2.83. The van der Waals surface area contributed by atoms with Gasteiger partial charge in [0.05, 0.1) is 12.7 Å². The monoisotopic (exact) mass is 248 g/mol. The summed E-state index contributed by atoms with van der Waals surface area (Å²) in [5.74, 6) is 0.852. The Bertz CT molecular complexity index is 432. The lowest BCUT2D eigenvalue weighted by molar-refractivity contribution is 0.199. The summed E-state index contributed by atoms with van der Waals surface area (Å²) in [6.45, 7) is 2.44. The molecular formula is C14H16O2S. The van der Waals surface area contributed by atoms with Crippen molar-refractivity contribution in [2.75, 3.05) is 6.61 Å². The zero-order chi connectivity index (χ0) is 12.1. The number of hydrogen-bond acceptors (Lipinski definition) is 3. The highest BCUT2D eigenvalue weighted by atomic mass is 32.1. The van der Waals surface area contributed by atoms with E-state index in [9.17, 15) is 5.11 Å². The minimum Gasteiger partial charge on any atom is -0.493 e. The molecule has 1 atom stereocenters. The van der Waals surface area contributed by atoms with Crippen LogP contribution < -0.4 is 4.74 Å². The standard InChI is InChI=1S/C14H16O2S/c1-11(15)13-2-4-14(5-3-13)16-8-6-12-7-9-17-10-12/h2-5,7,9-11,15H,6,8H2,1H3/t11-/m0/s1. The number of benzene rings is 1. The second-order valence-electron chi connectivity index (χ2n) is 3.98. The first-order valence-electron chi connectivity index (χ1n) is 5.67. The van der Waals surface area contributed by atoms with Crippen LogP contribution in [0.25, 0.3) is 0 Å². The van der Waals surface area contributed by atoms with Gasteiger partial charge in [0.25, 0.3) is 0 Å². The highest BCUT2D eigenvalue weighted by Gasteiger charge is 2.00. The minimum atomic E-state index is -0.421. The molecule has 0 saturated heterocycles. The fourth-order valence-electron chi connectivity index (χ4n) is 1.56. The maximum absolute atomic E-state index is 9.38. The topological polar surface area (TPSA) is 29.5 Å². The highest BCUT2D eigenvalue weighted by molar-refractivity contribution is 7.07. The van der Waals surface area contributed by atoms with Crippen molar-refractivity contribution < 1.29 is 9.84 Å². The molecule has 90 valence electrons. The highest BCUT2D eigenvalue weighted by Crippen LogP contribution is 2.17. The van der Waals surface area contributed by atoms with E-state index in [-0.39, 0.29) is 0 Å².